The Kier molecular flexibility index (Phi) is 6.73. The van der Waals surface area contributed by atoms with Gasteiger partial charge in [0.1, 0.15) is 11.8 Å². The second-order valence-electron chi connectivity index (χ2n) is 10.1. The molecule has 0 aliphatic carbocycles. The Hall–Kier alpha value is -4.18. The lowest BCUT2D eigenvalue weighted by Crippen LogP contribution is -2.33. The maximum absolute atomic E-state index is 13.9. The SMILES string of the molecule is O=C(Cn1c2c(sc1=O)[C@@H](c1ccc(Cl)cc1)[C@@H]1C(=O)N(c3ccccc3)C(=O)[C@@H]1S2)Nc1cccc2ccccc12. The number of amides is 3. The number of halogens is 1. The number of hydrogen-bond donors (Lipinski definition) is 1. The molecule has 0 bridgehead atoms. The van der Waals surface area contributed by atoms with E-state index in [9.17, 15) is 19.2 Å². The van der Waals surface area contributed by atoms with Gasteiger partial charge in [-0.05, 0) is 41.3 Å². The first kappa shape index (κ1) is 26.7. The fraction of sp³-hybridized carbons (Fsp3) is 0.125. The quantitative estimate of drug-likeness (QED) is 0.241. The summed E-state index contributed by atoms with van der Waals surface area (Å²) in [5.74, 6) is -2.27. The summed E-state index contributed by atoms with van der Waals surface area (Å²) in [5, 5.41) is 5.15. The summed E-state index contributed by atoms with van der Waals surface area (Å²) in [6, 6.07) is 29.4. The normalized spacial score (nSPS) is 19.5. The van der Waals surface area contributed by atoms with Gasteiger partial charge in [-0.2, -0.15) is 0 Å². The van der Waals surface area contributed by atoms with E-state index >= 15 is 0 Å². The topological polar surface area (TPSA) is 88.5 Å². The molecule has 42 heavy (non-hydrogen) atoms. The van der Waals surface area contributed by atoms with Crippen molar-refractivity contribution in [1.82, 2.24) is 4.57 Å². The minimum atomic E-state index is -0.757. The van der Waals surface area contributed by atoms with Gasteiger partial charge in [-0.15, -0.1) is 0 Å². The summed E-state index contributed by atoms with van der Waals surface area (Å²) in [4.78, 5) is 56.0. The average Bonchev–Trinajstić information content (AvgIpc) is 3.44. The number of nitrogens with zero attached hydrogens (tertiary/aromatic N) is 2. The van der Waals surface area contributed by atoms with Crippen molar-refractivity contribution in [3.05, 3.63) is 122 Å². The summed E-state index contributed by atoms with van der Waals surface area (Å²) >= 11 is 8.39. The van der Waals surface area contributed by atoms with Crippen LogP contribution >= 0.6 is 34.7 Å². The second-order valence-corrected chi connectivity index (χ2v) is 12.7. The Morgan fingerprint density at radius 2 is 1.55 bits per heavy atom. The van der Waals surface area contributed by atoms with E-state index in [1.54, 1.807) is 36.4 Å². The molecular weight excluding hydrogens is 590 g/mol. The van der Waals surface area contributed by atoms with Crippen molar-refractivity contribution >= 4 is 74.6 Å². The van der Waals surface area contributed by atoms with Gasteiger partial charge in [0.05, 0.1) is 16.6 Å². The van der Waals surface area contributed by atoms with E-state index in [2.05, 4.69) is 5.32 Å². The van der Waals surface area contributed by atoms with E-state index in [-0.39, 0.29) is 29.1 Å². The third-order valence-electron chi connectivity index (χ3n) is 7.66. The lowest BCUT2D eigenvalue weighted by molar-refractivity contribution is -0.122. The Labute approximate surface area is 253 Å². The van der Waals surface area contributed by atoms with Crippen molar-refractivity contribution < 1.29 is 14.4 Å². The number of carbonyl (C=O) groups excluding carboxylic acids is 3. The first-order valence-corrected chi connectivity index (χ1v) is 15.3. The molecule has 0 saturated carbocycles. The predicted molar refractivity (Wildman–Crippen MR) is 167 cm³/mol. The van der Waals surface area contributed by atoms with Crippen LogP contribution in [0.5, 0.6) is 0 Å². The second kappa shape index (κ2) is 10.6. The number of rotatable bonds is 5. The molecule has 2 aliphatic rings. The molecule has 0 spiro atoms. The van der Waals surface area contributed by atoms with Gasteiger partial charge in [-0.3, -0.25) is 23.7 Å². The molecule has 2 aliphatic heterocycles. The lowest BCUT2D eigenvalue weighted by Gasteiger charge is -2.30. The van der Waals surface area contributed by atoms with Crippen LogP contribution in [0, 0.1) is 5.92 Å². The molecule has 0 radical (unpaired) electrons. The van der Waals surface area contributed by atoms with Crippen molar-refractivity contribution in [3.8, 4) is 0 Å². The van der Waals surface area contributed by atoms with Crippen LogP contribution < -0.4 is 15.1 Å². The van der Waals surface area contributed by atoms with Gasteiger partial charge in [-0.25, -0.2) is 4.90 Å². The van der Waals surface area contributed by atoms with E-state index in [0.717, 1.165) is 27.7 Å². The van der Waals surface area contributed by atoms with Crippen LogP contribution in [0.3, 0.4) is 0 Å². The lowest BCUT2D eigenvalue weighted by atomic mass is 9.83. The van der Waals surface area contributed by atoms with Crippen molar-refractivity contribution in [3.63, 3.8) is 0 Å². The molecule has 208 valence electrons. The first-order chi connectivity index (χ1) is 20.4. The monoisotopic (exact) mass is 611 g/mol. The van der Waals surface area contributed by atoms with Gasteiger partial charge in [0.15, 0.2) is 0 Å². The molecule has 5 aromatic rings. The number of nitrogens with one attached hydrogen (secondary N) is 1. The van der Waals surface area contributed by atoms with E-state index in [0.29, 0.717) is 26.3 Å². The van der Waals surface area contributed by atoms with Crippen LogP contribution in [-0.2, 0) is 20.9 Å². The molecule has 0 unspecified atom stereocenters. The van der Waals surface area contributed by atoms with Crippen LogP contribution in [-0.4, -0.2) is 27.5 Å². The maximum atomic E-state index is 13.9. The van der Waals surface area contributed by atoms with Gasteiger partial charge < -0.3 is 5.32 Å². The molecule has 1 saturated heterocycles. The molecule has 3 atom stereocenters. The molecule has 3 amide bonds. The number of imide groups is 1. The van der Waals surface area contributed by atoms with E-state index in [4.69, 9.17) is 11.6 Å². The van der Waals surface area contributed by atoms with Crippen molar-refractivity contribution in [2.24, 2.45) is 5.92 Å². The number of aromatic nitrogens is 1. The van der Waals surface area contributed by atoms with E-state index in [1.165, 1.54) is 21.2 Å². The van der Waals surface area contributed by atoms with Crippen LogP contribution in [0.15, 0.2) is 107 Å². The number of thiazole rings is 1. The van der Waals surface area contributed by atoms with Crippen LogP contribution in [0.2, 0.25) is 5.02 Å². The van der Waals surface area contributed by atoms with Gasteiger partial charge in [0.2, 0.25) is 17.7 Å². The third kappa shape index (κ3) is 4.45. The molecule has 1 aromatic heterocycles. The first-order valence-electron chi connectivity index (χ1n) is 13.3. The Morgan fingerprint density at radius 3 is 2.33 bits per heavy atom. The number of hydrogen-bond acceptors (Lipinski definition) is 6. The summed E-state index contributed by atoms with van der Waals surface area (Å²) in [7, 11) is 0. The van der Waals surface area contributed by atoms with Gasteiger partial charge in [0, 0.05) is 26.9 Å². The molecule has 7 nitrogen and oxygen atoms in total. The van der Waals surface area contributed by atoms with Crippen molar-refractivity contribution in [2.45, 2.75) is 22.7 Å². The van der Waals surface area contributed by atoms with Gasteiger partial charge >= 0.3 is 4.87 Å². The highest BCUT2D eigenvalue weighted by atomic mass is 35.5. The molecule has 3 heterocycles. The largest absolute Gasteiger partial charge is 0.324 e. The summed E-state index contributed by atoms with van der Waals surface area (Å²) in [5.41, 5.74) is 1.94. The Morgan fingerprint density at radius 1 is 0.833 bits per heavy atom. The molecular formula is C32H22ClN3O4S2. The minimum absolute atomic E-state index is 0.226. The molecule has 7 rings (SSSR count). The number of thioether (sulfide) groups is 1. The number of carbonyl (C=O) groups is 3. The van der Waals surface area contributed by atoms with Gasteiger partial charge in [0.25, 0.3) is 0 Å². The fourth-order valence-electron chi connectivity index (χ4n) is 5.78. The molecule has 4 aromatic carbocycles. The summed E-state index contributed by atoms with van der Waals surface area (Å²) < 4.78 is 1.42. The Balaban J connectivity index is 1.28. The Bertz CT molecular complexity index is 1930. The van der Waals surface area contributed by atoms with E-state index in [1.807, 2.05) is 60.7 Å². The fourth-order valence-corrected chi connectivity index (χ4v) is 8.68. The zero-order valence-electron chi connectivity index (χ0n) is 21.9. The number of anilines is 2. The number of fused-ring (bicyclic) bond motifs is 3. The van der Waals surface area contributed by atoms with Crippen LogP contribution in [0.1, 0.15) is 16.4 Å². The molecule has 1 fully saturated rings. The third-order valence-corrected chi connectivity index (χ3v) is 10.5. The summed E-state index contributed by atoms with van der Waals surface area (Å²) in [6.07, 6.45) is 0. The standard InChI is InChI=1S/C32H22ClN3O4S2/c33-20-15-13-19(14-16-20)25-26-27(30(39)36(29(26)38)21-9-2-1-3-10-21)41-31-28(25)42-32(40)35(31)17-24(37)34-23-12-6-8-18-7-4-5-11-22(18)23/h1-16,25-27H,17H2,(H,34,37)/t25-,26-,27+/m0/s1. The highest BCUT2D eigenvalue weighted by Crippen LogP contribution is 2.53. The smallest absolute Gasteiger partial charge is 0.308 e. The highest BCUT2D eigenvalue weighted by molar-refractivity contribution is 8.00. The highest BCUT2D eigenvalue weighted by Gasteiger charge is 2.56. The van der Waals surface area contributed by atoms with Gasteiger partial charge in [-0.1, -0.05) is 101 Å². The van der Waals surface area contributed by atoms with Crippen molar-refractivity contribution in [2.75, 3.05) is 10.2 Å². The zero-order valence-corrected chi connectivity index (χ0v) is 24.3. The molecule has 1 N–H and O–H groups in total. The van der Waals surface area contributed by atoms with Crippen LogP contribution in [0.25, 0.3) is 10.8 Å². The zero-order chi connectivity index (χ0) is 29.0. The number of para-hydroxylation sites is 1. The predicted octanol–water partition coefficient (Wildman–Crippen LogP) is 6.15. The average molecular weight is 612 g/mol. The number of benzene rings is 4. The van der Waals surface area contributed by atoms with Crippen molar-refractivity contribution in [1.29, 1.82) is 0 Å². The minimum Gasteiger partial charge on any atom is -0.324 e. The molecule has 10 heteroatoms. The summed E-state index contributed by atoms with van der Waals surface area (Å²) in [6.45, 7) is -0.226. The van der Waals surface area contributed by atoms with Crippen LogP contribution in [0.4, 0.5) is 11.4 Å². The van der Waals surface area contributed by atoms with E-state index < -0.39 is 17.1 Å². The maximum Gasteiger partial charge on any atom is 0.308 e.